The molecule has 0 spiro atoms. The van der Waals surface area contributed by atoms with Crippen LogP contribution in [0.2, 0.25) is 0 Å². The second-order valence-corrected chi connectivity index (χ2v) is 5.26. The van der Waals surface area contributed by atoms with Crippen molar-refractivity contribution in [2.75, 3.05) is 6.54 Å². The van der Waals surface area contributed by atoms with Crippen LogP contribution in [0.1, 0.15) is 22.7 Å². The summed E-state index contributed by atoms with van der Waals surface area (Å²) in [5, 5.41) is 9.44. The second kappa shape index (κ2) is 5.09. The number of aryl methyl sites for hydroxylation is 1. The minimum atomic E-state index is -0.757. The molecule has 1 aromatic carbocycles. The molecule has 0 aliphatic carbocycles. The number of aliphatic carboxylic acids is 1. The Morgan fingerprint density at radius 3 is 2.95 bits per heavy atom. The fraction of sp³-hybridized carbons (Fsp3) is 0.333. The molecule has 1 unspecified atom stereocenters. The molecule has 2 heterocycles. The Morgan fingerprint density at radius 2 is 2.25 bits per heavy atom. The number of fused-ring (bicyclic) bond motifs is 1. The van der Waals surface area contributed by atoms with Crippen LogP contribution in [0.25, 0.3) is 0 Å². The zero-order chi connectivity index (χ0) is 14.1. The monoisotopic (exact) mass is 271 g/mol. The van der Waals surface area contributed by atoms with Crippen molar-refractivity contribution in [2.45, 2.75) is 19.0 Å². The molecule has 2 aromatic rings. The van der Waals surface area contributed by atoms with E-state index in [0.29, 0.717) is 13.1 Å². The number of benzene rings is 1. The van der Waals surface area contributed by atoms with Crippen molar-refractivity contribution in [2.24, 2.45) is 7.05 Å². The highest BCUT2D eigenvalue weighted by molar-refractivity contribution is 5.77. The zero-order valence-corrected chi connectivity index (χ0v) is 11.4. The fourth-order valence-corrected chi connectivity index (χ4v) is 2.78. The molecule has 0 amide bonds. The highest BCUT2D eigenvalue weighted by Gasteiger charge is 2.30. The Morgan fingerprint density at radius 1 is 1.45 bits per heavy atom. The highest BCUT2D eigenvalue weighted by Crippen LogP contribution is 2.29. The van der Waals surface area contributed by atoms with Gasteiger partial charge < -0.3 is 9.67 Å². The first kappa shape index (κ1) is 12.9. The number of imidazole rings is 1. The van der Waals surface area contributed by atoms with Crippen LogP contribution in [0, 0.1) is 0 Å². The van der Waals surface area contributed by atoms with E-state index in [1.165, 1.54) is 0 Å². The van der Waals surface area contributed by atoms with Gasteiger partial charge >= 0.3 is 5.97 Å². The lowest BCUT2D eigenvalue weighted by Gasteiger charge is -2.32. The molecule has 1 aliphatic heterocycles. The minimum Gasteiger partial charge on any atom is -0.481 e. The number of nitrogens with zero attached hydrogens (tertiary/aromatic N) is 3. The van der Waals surface area contributed by atoms with E-state index in [1.54, 1.807) is 6.33 Å². The molecule has 20 heavy (non-hydrogen) atoms. The number of carboxylic acids is 1. The SMILES string of the molecule is Cn1cncc1CN1Cc2ccccc2C(C(=O)O)C1. The van der Waals surface area contributed by atoms with Gasteiger partial charge in [0.05, 0.1) is 17.9 Å². The summed E-state index contributed by atoms with van der Waals surface area (Å²) < 4.78 is 1.97. The average molecular weight is 271 g/mol. The van der Waals surface area contributed by atoms with Gasteiger partial charge in [0.25, 0.3) is 0 Å². The summed E-state index contributed by atoms with van der Waals surface area (Å²) in [6.07, 6.45) is 3.60. The van der Waals surface area contributed by atoms with Gasteiger partial charge in [-0.05, 0) is 11.1 Å². The smallest absolute Gasteiger partial charge is 0.312 e. The van der Waals surface area contributed by atoms with Gasteiger partial charge in [0.15, 0.2) is 0 Å². The van der Waals surface area contributed by atoms with Gasteiger partial charge in [0.2, 0.25) is 0 Å². The number of hydrogen-bond donors (Lipinski definition) is 1. The zero-order valence-electron chi connectivity index (χ0n) is 11.4. The third-order valence-electron chi connectivity index (χ3n) is 3.87. The van der Waals surface area contributed by atoms with Gasteiger partial charge in [0.1, 0.15) is 0 Å². The summed E-state index contributed by atoms with van der Waals surface area (Å²) in [6.45, 7) is 2.04. The van der Waals surface area contributed by atoms with Crippen molar-refractivity contribution in [3.05, 3.63) is 53.6 Å². The molecular weight excluding hydrogens is 254 g/mol. The minimum absolute atomic E-state index is 0.451. The predicted molar refractivity (Wildman–Crippen MR) is 74.1 cm³/mol. The van der Waals surface area contributed by atoms with Crippen LogP contribution in [0.5, 0.6) is 0 Å². The maximum atomic E-state index is 11.5. The Bertz CT molecular complexity index is 636. The average Bonchev–Trinajstić information content (AvgIpc) is 2.83. The summed E-state index contributed by atoms with van der Waals surface area (Å²) in [6, 6.07) is 7.81. The predicted octanol–water partition coefficient (Wildman–Crippen LogP) is 1.60. The summed E-state index contributed by atoms with van der Waals surface area (Å²) in [5.74, 6) is -1.21. The molecule has 104 valence electrons. The molecule has 0 bridgehead atoms. The third kappa shape index (κ3) is 2.32. The summed E-state index contributed by atoms with van der Waals surface area (Å²) in [4.78, 5) is 17.8. The van der Waals surface area contributed by atoms with Gasteiger partial charge in [-0.15, -0.1) is 0 Å². The lowest BCUT2D eigenvalue weighted by molar-refractivity contribution is -0.139. The Labute approximate surface area is 117 Å². The van der Waals surface area contributed by atoms with E-state index in [1.807, 2.05) is 42.1 Å². The first-order valence-electron chi connectivity index (χ1n) is 6.63. The van der Waals surface area contributed by atoms with E-state index in [2.05, 4.69) is 9.88 Å². The number of aromatic nitrogens is 2. The Balaban J connectivity index is 1.86. The lowest BCUT2D eigenvalue weighted by Crippen LogP contribution is -2.36. The fourth-order valence-electron chi connectivity index (χ4n) is 2.78. The lowest BCUT2D eigenvalue weighted by atomic mass is 9.90. The molecule has 0 saturated heterocycles. The summed E-state index contributed by atoms with van der Waals surface area (Å²) in [7, 11) is 1.95. The molecular formula is C15H17N3O2. The number of carboxylic acid groups (broad SMARTS) is 1. The van der Waals surface area contributed by atoms with Gasteiger partial charge in [-0.2, -0.15) is 0 Å². The normalized spacial score (nSPS) is 18.8. The van der Waals surface area contributed by atoms with Crippen molar-refractivity contribution in [1.82, 2.24) is 14.5 Å². The molecule has 0 fully saturated rings. The van der Waals surface area contributed by atoms with Crippen LogP contribution in [-0.4, -0.2) is 32.1 Å². The molecule has 5 heteroatoms. The van der Waals surface area contributed by atoms with Gasteiger partial charge in [-0.1, -0.05) is 24.3 Å². The van der Waals surface area contributed by atoms with E-state index in [9.17, 15) is 9.90 Å². The summed E-state index contributed by atoms with van der Waals surface area (Å²) >= 11 is 0. The van der Waals surface area contributed by atoms with Crippen LogP contribution in [0.15, 0.2) is 36.8 Å². The quantitative estimate of drug-likeness (QED) is 0.921. The number of rotatable bonds is 3. The molecule has 5 nitrogen and oxygen atoms in total. The largest absolute Gasteiger partial charge is 0.481 e. The van der Waals surface area contributed by atoms with Crippen molar-refractivity contribution in [3.8, 4) is 0 Å². The number of hydrogen-bond acceptors (Lipinski definition) is 3. The first-order valence-corrected chi connectivity index (χ1v) is 6.63. The highest BCUT2D eigenvalue weighted by atomic mass is 16.4. The maximum absolute atomic E-state index is 11.5. The third-order valence-corrected chi connectivity index (χ3v) is 3.87. The van der Waals surface area contributed by atoms with E-state index in [0.717, 1.165) is 23.4 Å². The van der Waals surface area contributed by atoms with E-state index in [4.69, 9.17) is 0 Å². The van der Waals surface area contributed by atoms with Crippen molar-refractivity contribution >= 4 is 5.97 Å². The van der Waals surface area contributed by atoms with Crippen LogP contribution in [-0.2, 0) is 24.9 Å². The molecule has 1 aliphatic rings. The maximum Gasteiger partial charge on any atom is 0.312 e. The Kier molecular flexibility index (Phi) is 3.28. The van der Waals surface area contributed by atoms with E-state index in [-0.39, 0.29) is 0 Å². The van der Waals surface area contributed by atoms with Gasteiger partial charge in [-0.25, -0.2) is 4.98 Å². The molecule has 1 N–H and O–H groups in total. The van der Waals surface area contributed by atoms with Crippen LogP contribution in [0.4, 0.5) is 0 Å². The topological polar surface area (TPSA) is 58.4 Å². The van der Waals surface area contributed by atoms with Crippen LogP contribution in [0.3, 0.4) is 0 Å². The standard InChI is InChI=1S/C15H17N3O2/c1-17-10-16-6-12(17)8-18-7-11-4-2-3-5-13(11)14(9-18)15(19)20/h2-6,10,14H,7-9H2,1H3,(H,19,20). The van der Waals surface area contributed by atoms with Crippen LogP contribution >= 0.6 is 0 Å². The van der Waals surface area contributed by atoms with E-state index < -0.39 is 11.9 Å². The van der Waals surface area contributed by atoms with Crippen LogP contribution < -0.4 is 0 Å². The molecule has 0 radical (unpaired) electrons. The molecule has 3 rings (SSSR count). The van der Waals surface area contributed by atoms with E-state index >= 15 is 0 Å². The molecule has 1 aromatic heterocycles. The second-order valence-electron chi connectivity index (χ2n) is 5.26. The van der Waals surface area contributed by atoms with Crippen molar-refractivity contribution in [3.63, 3.8) is 0 Å². The first-order chi connectivity index (χ1) is 9.65. The summed E-state index contributed by atoms with van der Waals surface area (Å²) in [5.41, 5.74) is 3.14. The van der Waals surface area contributed by atoms with Crippen molar-refractivity contribution < 1.29 is 9.90 Å². The molecule has 1 atom stereocenters. The number of carbonyl (C=O) groups is 1. The Hall–Kier alpha value is -2.14. The van der Waals surface area contributed by atoms with Gasteiger partial charge in [-0.3, -0.25) is 9.69 Å². The van der Waals surface area contributed by atoms with Gasteiger partial charge in [0, 0.05) is 32.9 Å². The van der Waals surface area contributed by atoms with Crippen molar-refractivity contribution in [1.29, 1.82) is 0 Å². The molecule has 0 saturated carbocycles.